The summed E-state index contributed by atoms with van der Waals surface area (Å²) in [5, 5.41) is 0. The van der Waals surface area contributed by atoms with Crippen LogP contribution in [-0.4, -0.2) is 11.6 Å². The number of benzene rings is 1. The number of pyridine rings is 1. The molecule has 0 fully saturated rings. The molecule has 0 saturated carbocycles. The van der Waals surface area contributed by atoms with E-state index in [9.17, 15) is 8.78 Å². The molecule has 0 aliphatic heterocycles. The Morgan fingerprint density at radius 3 is 2.29 bits per heavy atom. The van der Waals surface area contributed by atoms with Crippen molar-refractivity contribution in [1.82, 2.24) is 4.98 Å². The molecule has 0 saturated heterocycles. The minimum atomic E-state index is -2.82. The van der Waals surface area contributed by atoms with E-state index in [4.69, 9.17) is 0 Å². The lowest BCUT2D eigenvalue weighted by Crippen LogP contribution is -2.02. The summed E-state index contributed by atoms with van der Waals surface area (Å²) in [6, 6.07) is 11.0. The van der Waals surface area contributed by atoms with E-state index >= 15 is 0 Å². The molecule has 0 unspecified atom stereocenters. The Morgan fingerprint density at radius 2 is 1.76 bits per heavy atom. The van der Waals surface area contributed by atoms with E-state index in [1.165, 1.54) is 12.3 Å². The van der Waals surface area contributed by atoms with Gasteiger partial charge < -0.3 is 4.74 Å². The molecule has 0 aliphatic rings. The Balaban J connectivity index is 2.20. The number of ether oxygens (including phenoxy) is 1. The van der Waals surface area contributed by atoms with E-state index in [0.29, 0.717) is 0 Å². The lowest BCUT2D eigenvalue weighted by molar-refractivity contribution is -0.0500. The predicted molar refractivity (Wildman–Crippen MR) is 61.0 cm³/mol. The highest BCUT2D eigenvalue weighted by atomic mass is 19.3. The maximum absolute atomic E-state index is 11.9. The summed E-state index contributed by atoms with van der Waals surface area (Å²) in [5.74, 6) is 0.0656. The molecule has 1 aromatic carbocycles. The monoisotopic (exact) mass is 235 g/mol. The molecule has 2 nitrogen and oxygen atoms in total. The summed E-state index contributed by atoms with van der Waals surface area (Å²) in [6.07, 6.45) is 1.29. The van der Waals surface area contributed by atoms with Crippen molar-refractivity contribution in [3.05, 3.63) is 48.2 Å². The smallest absolute Gasteiger partial charge is 0.387 e. The van der Waals surface area contributed by atoms with Gasteiger partial charge in [-0.25, -0.2) is 0 Å². The van der Waals surface area contributed by atoms with Gasteiger partial charge in [-0.1, -0.05) is 29.8 Å². The molecule has 1 heterocycles. The van der Waals surface area contributed by atoms with Gasteiger partial charge in [0.05, 0.1) is 11.9 Å². The molecule has 17 heavy (non-hydrogen) atoms. The van der Waals surface area contributed by atoms with E-state index in [-0.39, 0.29) is 5.75 Å². The Kier molecular flexibility index (Phi) is 3.32. The van der Waals surface area contributed by atoms with Crippen LogP contribution in [0.1, 0.15) is 5.56 Å². The first kappa shape index (κ1) is 11.5. The topological polar surface area (TPSA) is 22.1 Å². The molecule has 0 atom stereocenters. The van der Waals surface area contributed by atoms with Crippen LogP contribution in [0.2, 0.25) is 0 Å². The van der Waals surface area contributed by atoms with Gasteiger partial charge >= 0.3 is 6.61 Å². The van der Waals surface area contributed by atoms with Crippen LogP contribution in [0.5, 0.6) is 5.75 Å². The van der Waals surface area contributed by atoms with Crippen LogP contribution < -0.4 is 4.74 Å². The van der Waals surface area contributed by atoms with Crippen molar-refractivity contribution in [2.75, 3.05) is 0 Å². The molecule has 0 bridgehead atoms. The van der Waals surface area contributed by atoms with Crippen molar-refractivity contribution in [3.8, 4) is 17.0 Å². The lowest BCUT2D eigenvalue weighted by Gasteiger charge is -2.05. The second-order valence-electron chi connectivity index (χ2n) is 3.62. The fourth-order valence-electron chi connectivity index (χ4n) is 1.45. The first-order chi connectivity index (χ1) is 8.15. The normalized spacial score (nSPS) is 10.6. The van der Waals surface area contributed by atoms with Crippen LogP contribution in [0.3, 0.4) is 0 Å². The Bertz CT molecular complexity index is 480. The van der Waals surface area contributed by atoms with Crippen LogP contribution in [0.25, 0.3) is 11.3 Å². The number of halogens is 2. The van der Waals surface area contributed by atoms with E-state index < -0.39 is 6.61 Å². The highest BCUT2D eigenvalue weighted by molar-refractivity contribution is 5.59. The maximum Gasteiger partial charge on any atom is 0.387 e. The quantitative estimate of drug-likeness (QED) is 0.810. The maximum atomic E-state index is 11.9. The Hall–Kier alpha value is -1.97. The molecule has 0 spiro atoms. The van der Waals surface area contributed by atoms with Crippen LogP contribution in [0.4, 0.5) is 8.78 Å². The molecule has 2 rings (SSSR count). The highest BCUT2D eigenvalue weighted by Crippen LogP contribution is 2.20. The van der Waals surface area contributed by atoms with Gasteiger partial charge in [-0.05, 0) is 19.1 Å². The van der Waals surface area contributed by atoms with Crippen LogP contribution >= 0.6 is 0 Å². The zero-order chi connectivity index (χ0) is 12.3. The predicted octanol–water partition coefficient (Wildman–Crippen LogP) is 3.66. The molecule has 1 aromatic heterocycles. The second-order valence-corrected chi connectivity index (χ2v) is 3.62. The van der Waals surface area contributed by atoms with E-state index in [0.717, 1.165) is 16.8 Å². The molecule has 0 N–H and O–H groups in total. The third-order valence-corrected chi connectivity index (χ3v) is 2.31. The molecular weight excluding hydrogens is 224 g/mol. The summed E-state index contributed by atoms with van der Waals surface area (Å²) < 4.78 is 28.1. The van der Waals surface area contributed by atoms with Gasteiger partial charge in [0.15, 0.2) is 0 Å². The average Bonchev–Trinajstić information content (AvgIpc) is 2.30. The van der Waals surface area contributed by atoms with Crippen molar-refractivity contribution in [3.63, 3.8) is 0 Å². The Morgan fingerprint density at radius 1 is 1.06 bits per heavy atom. The minimum absolute atomic E-state index is 0.0656. The fourth-order valence-corrected chi connectivity index (χ4v) is 1.45. The number of hydrogen-bond donors (Lipinski definition) is 0. The number of aromatic nitrogens is 1. The summed E-state index contributed by atoms with van der Waals surface area (Å²) in [5.41, 5.74) is 2.83. The van der Waals surface area contributed by atoms with Crippen molar-refractivity contribution in [1.29, 1.82) is 0 Å². The van der Waals surface area contributed by atoms with Crippen LogP contribution in [-0.2, 0) is 0 Å². The highest BCUT2D eigenvalue weighted by Gasteiger charge is 2.05. The molecule has 0 aliphatic carbocycles. The SMILES string of the molecule is Cc1ccc(-c2ccc(OC(F)F)cn2)cc1. The molecule has 0 radical (unpaired) electrons. The van der Waals surface area contributed by atoms with Gasteiger partial charge in [-0.2, -0.15) is 8.78 Å². The summed E-state index contributed by atoms with van der Waals surface area (Å²) in [7, 11) is 0. The van der Waals surface area contributed by atoms with Gasteiger partial charge in [0.25, 0.3) is 0 Å². The summed E-state index contributed by atoms with van der Waals surface area (Å²) in [4.78, 5) is 4.07. The molecule has 2 aromatic rings. The number of nitrogens with zero attached hydrogens (tertiary/aromatic N) is 1. The largest absolute Gasteiger partial charge is 0.433 e. The van der Waals surface area contributed by atoms with Crippen molar-refractivity contribution < 1.29 is 13.5 Å². The van der Waals surface area contributed by atoms with Crippen LogP contribution in [0, 0.1) is 6.92 Å². The molecule has 0 amide bonds. The number of alkyl halides is 2. The number of rotatable bonds is 3. The van der Waals surface area contributed by atoms with E-state index in [2.05, 4.69) is 9.72 Å². The summed E-state index contributed by atoms with van der Waals surface area (Å²) >= 11 is 0. The number of hydrogen-bond acceptors (Lipinski definition) is 2. The molecular formula is C13H11F2NO. The Labute approximate surface area is 97.9 Å². The zero-order valence-corrected chi connectivity index (χ0v) is 9.23. The first-order valence-electron chi connectivity index (χ1n) is 5.13. The van der Waals surface area contributed by atoms with Gasteiger partial charge in [-0.3, -0.25) is 4.98 Å². The van der Waals surface area contributed by atoms with Gasteiger partial charge in [0.2, 0.25) is 0 Å². The number of aryl methyl sites for hydroxylation is 1. The van der Waals surface area contributed by atoms with Gasteiger partial charge in [0.1, 0.15) is 5.75 Å². The molecule has 4 heteroatoms. The second kappa shape index (κ2) is 4.91. The third kappa shape index (κ3) is 3.00. The van der Waals surface area contributed by atoms with Crippen molar-refractivity contribution in [2.45, 2.75) is 13.5 Å². The lowest BCUT2D eigenvalue weighted by atomic mass is 10.1. The van der Waals surface area contributed by atoms with E-state index in [1.54, 1.807) is 6.07 Å². The molecule has 88 valence electrons. The van der Waals surface area contributed by atoms with Gasteiger partial charge in [-0.15, -0.1) is 0 Å². The van der Waals surface area contributed by atoms with Crippen molar-refractivity contribution >= 4 is 0 Å². The summed E-state index contributed by atoms with van der Waals surface area (Å²) in [6.45, 7) is -0.821. The fraction of sp³-hybridized carbons (Fsp3) is 0.154. The van der Waals surface area contributed by atoms with Crippen molar-refractivity contribution in [2.24, 2.45) is 0 Å². The zero-order valence-electron chi connectivity index (χ0n) is 9.23. The minimum Gasteiger partial charge on any atom is -0.433 e. The van der Waals surface area contributed by atoms with Gasteiger partial charge in [0, 0.05) is 5.56 Å². The first-order valence-corrected chi connectivity index (χ1v) is 5.13. The third-order valence-electron chi connectivity index (χ3n) is 2.31. The standard InChI is InChI=1S/C13H11F2NO/c1-9-2-4-10(5-3-9)12-7-6-11(8-16-12)17-13(14)15/h2-8,13H,1H3. The van der Waals surface area contributed by atoms with Crippen LogP contribution in [0.15, 0.2) is 42.6 Å². The van der Waals surface area contributed by atoms with E-state index in [1.807, 2.05) is 31.2 Å². The average molecular weight is 235 g/mol.